The average Bonchev–Trinajstić information content (AvgIpc) is 3.07. The van der Waals surface area contributed by atoms with Gasteiger partial charge >= 0.3 is 6.18 Å². The summed E-state index contributed by atoms with van der Waals surface area (Å²) in [5.41, 5.74) is 0.434. The number of carbonyl (C=O) groups is 1. The molecular weight excluding hydrogens is 381 g/mol. The number of aromatic nitrogens is 2. The summed E-state index contributed by atoms with van der Waals surface area (Å²) in [4.78, 5) is 14.0. The highest BCUT2D eigenvalue weighted by atomic mass is 32.2. The summed E-state index contributed by atoms with van der Waals surface area (Å²) in [6.07, 6.45) is -4.51. The zero-order chi connectivity index (χ0) is 19.6. The lowest BCUT2D eigenvalue weighted by atomic mass is 10.1. The summed E-state index contributed by atoms with van der Waals surface area (Å²) in [6.45, 7) is 0. The molecule has 0 fully saturated rings. The predicted molar refractivity (Wildman–Crippen MR) is 96.0 cm³/mol. The van der Waals surface area contributed by atoms with Crippen LogP contribution in [0.1, 0.15) is 5.56 Å². The molecule has 2 aromatic rings. The van der Waals surface area contributed by atoms with Crippen LogP contribution in [0.3, 0.4) is 0 Å². The van der Waals surface area contributed by atoms with Crippen LogP contribution in [0.5, 0.6) is 5.75 Å². The number of carbonyl (C=O) groups excluding carboxylic acids is 1. The van der Waals surface area contributed by atoms with Crippen molar-refractivity contribution in [2.45, 2.75) is 6.18 Å². The van der Waals surface area contributed by atoms with Crippen molar-refractivity contribution in [2.24, 2.45) is 0 Å². The van der Waals surface area contributed by atoms with Crippen molar-refractivity contribution >= 4 is 23.5 Å². The normalized spacial score (nSPS) is 14.1. The van der Waals surface area contributed by atoms with E-state index in [0.717, 1.165) is 6.07 Å². The van der Waals surface area contributed by atoms with Crippen molar-refractivity contribution in [3.63, 3.8) is 0 Å². The number of nitrogens with one attached hydrogen (secondary N) is 1. The zero-order valence-electron chi connectivity index (χ0n) is 14.4. The molecule has 1 N–H and O–H groups in total. The molecule has 1 aromatic carbocycles. The van der Waals surface area contributed by atoms with Gasteiger partial charge in [-0.05, 0) is 24.3 Å². The minimum Gasteiger partial charge on any atom is -0.496 e. The fourth-order valence-electron chi connectivity index (χ4n) is 2.43. The molecule has 27 heavy (non-hydrogen) atoms. The maximum atomic E-state index is 12.9. The summed E-state index contributed by atoms with van der Waals surface area (Å²) in [5.74, 6) is 0.339. The lowest BCUT2D eigenvalue weighted by molar-refractivity contribution is -0.138. The molecule has 0 atom stereocenters. The van der Waals surface area contributed by atoms with Gasteiger partial charge in [0.15, 0.2) is 5.82 Å². The number of likely N-dealkylation sites (N-methyl/N-ethyl adjacent to an activating group) is 1. The molecule has 10 heteroatoms. The molecule has 1 aliphatic heterocycles. The molecule has 6 nitrogen and oxygen atoms in total. The van der Waals surface area contributed by atoms with Gasteiger partial charge in [-0.2, -0.15) is 13.2 Å². The van der Waals surface area contributed by atoms with E-state index in [1.165, 1.54) is 37.1 Å². The number of ether oxygens (including phenoxy) is 1. The number of thioether (sulfide) groups is 1. The maximum absolute atomic E-state index is 12.9. The van der Waals surface area contributed by atoms with E-state index in [0.29, 0.717) is 22.8 Å². The van der Waals surface area contributed by atoms with Gasteiger partial charge in [-0.3, -0.25) is 4.79 Å². The Morgan fingerprint density at radius 2 is 2.04 bits per heavy atom. The van der Waals surface area contributed by atoms with Gasteiger partial charge in [-0.25, -0.2) is 0 Å². The Morgan fingerprint density at radius 1 is 1.26 bits per heavy atom. The van der Waals surface area contributed by atoms with Gasteiger partial charge in [-0.1, -0.05) is 6.07 Å². The second kappa shape index (κ2) is 7.47. The molecule has 0 spiro atoms. The van der Waals surface area contributed by atoms with E-state index in [4.69, 9.17) is 4.74 Å². The minimum atomic E-state index is -4.51. The molecule has 0 saturated heterocycles. The van der Waals surface area contributed by atoms with Gasteiger partial charge in [-0.15, -0.1) is 22.0 Å². The van der Waals surface area contributed by atoms with Crippen LogP contribution in [0.4, 0.5) is 19.0 Å². The van der Waals surface area contributed by atoms with E-state index in [2.05, 4.69) is 15.5 Å². The lowest BCUT2D eigenvalue weighted by Crippen LogP contribution is -2.25. The fraction of sp³-hybridized carbons (Fsp3) is 0.235. The van der Waals surface area contributed by atoms with Crippen LogP contribution in [0.25, 0.3) is 11.3 Å². The topological polar surface area (TPSA) is 67.3 Å². The third-order valence-corrected chi connectivity index (χ3v) is 4.74. The average molecular weight is 396 g/mol. The molecular formula is C17H15F3N4O2S. The van der Waals surface area contributed by atoms with E-state index < -0.39 is 11.7 Å². The maximum Gasteiger partial charge on any atom is 0.419 e. The van der Waals surface area contributed by atoms with Gasteiger partial charge in [0, 0.05) is 18.0 Å². The summed E-state index contributed by atoms with van der Waals surface area (Å²) in [5, 5.41) is 12.3. The number of amides is 1. The Labute approximate surface area is 157 Å². The van der Waals surface area contributed by atoms with Crippen LogP contribution in [0, 0.1) is 0 Å². The van der Waals surface area contributed by atoms with Gasteiger partial charge in [0.1, 0.15) is 11.4 Å². The number of benzene rings is 1. The van der Waals surface area contributed by atoms with Gasteiger partial charge in [0.05, 0.1) is 24.2 Å². The molecule has 2 heterocycles. The number of nitrogens with zero attached hydrogens (tertiary/aromatic N) is 3. The first kappa shape index (κ1) is 19.0. The second-order valence-corrected chi connectivity index (χ2v) is 6.49. The molecule has 0 aliphatic carbocycles. The lowest BCUT2D eigenvalue weighted by Gasteiger charge is -2.14. The monoisotopic (exact) mass is 396 g/mol. The van der Waals surface area contributed by atoms with Crippen LogP contribution in [0.2, 0.25) is 0 Å². The highest BCUT2D eigenvalue weighted by Gasteiger charge is 2.34. The Bertz CT molecular complexity index is 885. The number of halogens is 3. The molecule has 0 bridgehead atoms. The number of hydrogen-bond donors (Lipinski definition) is 1. The van der Waals surface area contributed by atoms with E-state index in [1.807, 2.05) is 0 Å². The first-order valence-corrected chi connectivity index (χ1v) is 8.78. The highest BCUT2D eigenvalue weighted by Crippen LogP contribution is 2.38. The largest absolute Gasteiger partial charge is 0.496 e. The van der Waals surface area contributed by atoms with E-state index in [-0.39, 0.29) is 17.5 Å². The SMILES string of the molecule is COc1cc(-c2ccc(NC(=O)C3=CSCN3C)nn2)ccc1C(F)(F)F. The first-order chi connectivity index (χ1) is 12.8. The Hall–Kier alpha value is -2.75. The van der Waals surface area contributed by atoms with Crippen molar-refractivity contribution in [3.8, 4) is 17.0 Å². The minimum absolute atomic E-state index is 0.244. The first-order valence-electron chi connectivity index (χ1n) is 7.73. The van der Waals surface area contributed by atoms with Gasteiger partial charge in [0.2, 0.25) is 0 Å². The van der Waals surface area contributed by atoms with E-state index >= 15 is 0 Å². The number of methoxy groups -OCH3 is 1. The molecule has 3 rings (SSSR count). The molecule has 1 amide bonds. The number of anilines is 1. The number of hydrogen-bond acceptors (Lipinski definition) is 6. The predicted octanol–water partition coefficient (Wildman–Crippen LogP) is 3.59. The van der Waals surface area contributed by atoms with Crippen LogP contribution >= 0.6 is 11.8 Å². The molecule has 1 aromatic heterocycles. The summed E-state index contributed by atoms with van der Waals surface area (Å²) in [7, 11) is 2.98. The molecule has 0 radical (unpaired) electrons. The standard InChI is InChI=1S/C17H15F3N4O2S/c1-24-9-27-8-13(24)16(25)21-15-6-5-12(22-23-15)10-3-4-11(17(18,19)20)14(7-10)26-2/h3-8H,9H2,1-2H3,(H,21,23,25). The fourth-order valence-corrected chi connectivity index (χ4v) is 3.31. The van der Waals surface area contributed by atoms with Gasteiger partial charge < -0.3 is 15.0 Å². The van der Waals surface area contributed by atoms with E-state index in [1.54, 1.807) is 23.4 Å². The third kappa shape index (κ3) is 4.16. The summed E-state index contributed by atoms with van der Waals surface area (Å²) >= 11 is 1.51. The van der Waals surface area contributed by atoms with Crippen molar-refractivity contribution in [2.75, 3.05) is 25.4 Å². The Morgan fingerprint density at radius 3 is 2.59 bits per heavy atom. The summed E-state index contributed by atoms with van der Waals surface area (Å²) < 4.78 is 43.7. The van der Waals surface area contributed by atoms with E-state index in [9.17, 15) is 18.0 Å². The Kier molecular flexibility index (Phi) is 5.26. The van der Waals surface area contributed by atoms with Crippen LogP contribution in [-0.2, 0) is 11.0 Å². The quantitative estimate of drug-likeness (QED) is 0.852. The smallest absolute Gasteiger partial charge is 0.419 e. The van der Waals surface area contributed by atoms with Gasteiger partial charge in [0.25, 0.3) is 5.91 Å². The zero-order valence-corrected chi connectivity index (χ0v) is 15.2. The van der Waals surface area contributed by atoms with Crippen molar-refractivity contribution in [1.82, 2.24) is 15.1 Å². The van der Waals surface area contributed by atoms with Crippen molar-refractivity contribution in [1.29, 1.82) is 0 Å². The third-order valence-electron chi connectivity index (χ3n) is 3.82. The molecule has 0 unspecified atom stereocenters. The number of rotatable bonds is 4. The molecule has 142 valence electrons. The highest BCUT2D eigenvalue weighted by molar-refractivity contribution is 8.02. The van der Waals surface area contributed by atoms with Crippen LogP contribution < -0.4 is 10.1 Å². The summed E-state index contributed by atoms with van der Waals surface area (Å²) in [6, 6.07) is 6.58. The van der Waals surface area contributed by atoms with Crippen LogP contribution in [0.15, 0.2) is 41.4 Å². The second-order valence-electron chi connectivity index (χ2n) is 5.67. The Balaban J connectivity index is 1.78. The van der Waals surface area contributed by atoms with Crippen molar-refractivity contribution in [3.05, 3.63) is 47.0 Å². The number of alkyl halides is 3. The van der Waals surface area contributed by atoms with Crippen molar-refractivity contribution < 1.29 is 22.7 Å². The van der Waals surface area contributed by atoms with Crippen LogP contribution in [-0.4, -0.2) is 41.0 Å². The molecule has 0 saturated carbocycles. The molecule has 1 aliphatic rings.